The SMILES string of the molecule is Cc1cc(CC(=O)N2C[C@H](O)C[C@H](NC(=O)c3cn(C)c4ccccc34)C2)on1. The monoisotopic (exact) mass is 396 g/mol. The molecule has 2 aromatic heterocycles. The molecule has 0 spiro atoms. The van der Waals surface area contributed by atoms with Crippen molar-refractivity contribution in [3.63, 3.8) is 0 Å². The van der Waals surface area contributed by atoms with Crippen LogP contribution in [0.25, 0.3) is 10.9 Å². The Morgan fingerprint density at radius 3 is 2.86 bits per heavy atom. The molecule has 4 rings (SSSR count). The minimum Gasteiger partial charge on any atom is -0.391 e. The van der Waals surface area contributed by atoms with Gasteiger partial charge in [-0.25, -0.2) is 0 Å². The minimum absolute atomic E-state index is 0.0809. The number of hydrogen-bond acceptors (Lipinski definition) is 5. The molecule has 29 heavy (non-hydrogen) atoms. The second-order valence-electron chi connectivity index (χ2n) is 7.64. The molecule has 3 heterocycles. The number of carbonyl (C=O) groups excluding carboxylic acids is 2. The van der Waals surface area contributed by atoms with Gasteiger partial charge in [-0.1, -0.05) is 23.4 Å². The van der Waals surface area contributed by atoms with Crippen molar-refractivity contribution in [3.05, 3.63) is 53.5 Å². The first kappa shape index (κ1) is 19.2. The maximum absolute atomic E-state index is 12.9. The molecule has 0 saturated carbocycles. The van der Waals surface area contributed by atoms with E-state index in [-0.39, 0.29) is 30.8 Å². The number of rotatable bonds is 4. The number of carbonyl (C=O) groups is 2. The van der Waals surface area contributed by atoms with Crippen molar-refractivity contribution in [2.75, 3.05) is 13.1 Å². The Morgan fingerprint density at radius 1 is 1.31 bits per heavy atom. The predicted octanol–water partition coefficient (Wildman–Crippen LogP) is 1.41. The normalized spacial score (nSPS) is 19.5. The second kappa shape index (κ2) is 7.71. The van der Waals surface area contributed by atoms with Crippen molar-refractivity contribution < 1.29 is 19.2 Å². The van der Waals surface area contributed by atoms with Crippen LogP contribution >= 0.6 is 0 Å². The number of benzene rings is 1. The van der Waals surface area contributed by atoms with Crippen molar-refractivity contribution in [1.82, 2.24) is 19.9 Å². The lowest BCUT2D eigenvalue weighted by molar-refractivity contribution is -0.134. The summed E-state index contributed by atoms with van der Waals surface area (Å²) < 4.78 is 7.02. The molecule has 3 aromatic rings. The van der Waals surface area contributed by atoms with E-state index in [1.807, 2.05) is 35.9 Å². The van der Waals surface area contributed by atoms with Gasteiger partial charge in [-0.3, -0.25) is 9.59 Å². The number of hydrogen-bond donors (Lipinski definition) is 2. The van der Waals surface area contributed by atoms with Crippen LogP contribution in [0.15, 0.2) is 41.1 Å². The summed E-state index contributed by atoms with van der Waals surface area (Å²) in [4.78, 5) is 27.1. The van der Waals surface area contributed by atoms with Crippen LogP contribution in [0.5, 0.6) is 0 Å². The fourth-order valence-electron chi connectivity index (χ4n) is 3.93. The number of nitrogens with zero attached hydrogens (tertiary/aromatic N) is 3. The van der Waals surface area contributed by atoms with Crippen LogP contribution in [-0.4, -0.2) is 56.8 Å². The van der Waals surface area contributed by atoms with Gasteiger partial charge < -0.3 is 24.4 Å². The third kappa shape index (κ3) is 4.02. The molecule has 1 saturated heterocycles. The highest BCUT2D eigenvalue weighted by atomic mass is 16.5. The van der Waals surface area contributed by atoms with E-state index >= 15 is 0 Å². The van der Waals surface area contributed by atoms with Gasteiger partial charge in [0, 0.05) is 49.3 Å². The zero-order chi connectivity index (χ0) is 20.5. The molecule has 1 fully saturated rings. The number of aliphatic hydroxyl groups excluding tert-OH is 1. The Morgan fingerprint density at radius 2 is 2.10 bits per heavy atom. The summed E-state index contributed by atoms with van der Waals surface area (Å²) in [5.74, 6) is 0.118. The summed E-state index contributed by atoms with van der Waals surface area (Å²) in [6.07, 6.45) is 1.59. The Bertz CT molecular complexity index is 1050. The molecule has 0 aliphatic carbocycles. The highest BCUT2D eigenvalue weighted by Crippen LogP contribution is 2.21. The Labute approximate surface area is 168 Å². The van der Waals surface area contributed by atoms with Crippen molar-refractivity contribution in [3.8, 4) is 0 Å². The van der Waals surface area contributed by atoms with Crippen LogP contribution in [0, 0.1) is 6.92 Å². The topological polar surface area (TPSA) is 101 Å². The molecule has 0 unspecified atom stereocenters. The largest absolute Gasteiger partial charge is 0.391 e. The van der Waals surface area contributed by atoms with Gasteiger partial charge in [0.1, 0.15) is 5.76 Å². The van der Waals surface area contributed by atoms with Gasteiger partial charge in [0.15, 0.2) is 0 Å². The molecule has 152 valence electrons. The summed E-state index contributed by atoms with van der Waals surface area (Å²) in [6, 6.07) is 9.09. The smallest absolute Gasteiger partial charge is 0.253 e. The van der Waals surface area contributed by atoms with E-state index in [0.717, 1.165) is 10.9 Å². The van der Waals surface area contributed by atoms with Gasteiger partial charge >= 0.3 is 0 Å². The van der Waals surface area contributed by atoms with E-state index < -0.39 is 6.10 Å². The fraction of sp³-hybridized carbons (Fsp3) is 0.381. The summed E-state index contributed by atoms with van der Waals surface area (Å²) in [6.45, 7) is 2.38. The number of amides is 2. The third-order valence-corrected chi connectivity index (χ3v) is 5.26. The van der Waals surface area contributed by atoms with Gasteiger partial charge in [0.2, 0.25) is 5.91 Å². The first-order valence-electron chi connectivity index (χ1n) is 9.63. The van der Waals surface area contributed by atoms with Crippen molar-refractivity contribution in [2.24, 2.45) is 7.05 Å². The molecule has 0 bridgehead atoms. The number of nitrogens with one attached hydrogen (secondary N) is 1. The number of fused-ring (bicyclic) bond motifs is 1. The molecular weight excluding hydrogens is 372 g/mol. The molecular formula is C21H24N4O4. The zero-order valence-corrected chi connectivity index (χ0v) is 16.5. The Hall–Kier alpha value is -3.13. The molecule has 2 atom stereocenters. The van der Waals surface area contributed by atoms with E-state index in [2.05, 4.69) is 10.5 Å². The van der Waals surface area contributed by atoms with Gasteiger partial charge in [0.25, 0.3) is 5.91 Å². The van der Waals surface area contributed by atoms with E-state index in [0.29, 0.717) is 30.0 Å². The van der Waals surface area contributed by atoms with Crippen LogP contribution in [-0.2, 0) is 18.3 Å². The molecule has 8 heteroatoms. The van der Waals surface area contributed by atoms with E-state index in [4.69, 9.17) is 4.52 Å². The van der Waals surface area contributed by atoms with Crippen LogP contribution < -0.4 is 5.32 Å². The van der Waals surface area contributed by atoms with Gasteiger partial charge in [0.05, 0.1) is 23.8 Å². The molecule has 0 radical (unpaired) electrons. The number of aliphatic hydroxyl groups is 1. The number of aromatic nitrogens is 2. The molecule has 1 aromatic carbocycles. The van der Waals surface area contributed by atoms with E-state index in [1.165, 1.54) is 0 Å². The van der Waals surface area contributed by atoms with Crippen molar-refractivity contribution >= 4 is 22.7 Å². The first-order chi connectivity index (χ1) is 13.9. The standard InChI is InChI=1S/C21H24N4O4/c1-13-7-16(29-23-13)9-20(27)25-10-14(8-15(26)11-25)22-21(28)18-12-24(2)19-6-4-3-5-17(18)19/h3-7,12,14-15,26H,8-11H2,1-2H3,(H,22,28)/t14-,15+/m0/s1. The highest BCUT2D eigenvalue weighted by Gasteiger charge is 2.31. The van der Waals surface area contributed by atoms with Gasteiger partial charge in [-0.15, -0.1) is 0 Å². The number of piperidine rings is 1. The van der Waals surface area contributed by atoms with E-state index in [9.17, 15) is 14.7 Å². The van der Waals surface area contributed by atoms with Crippen LogP contribution in [0.2, 0.25) is 0 Å². The van der Waals surface area contributed by atoms with Crippen molar-refractivity contribution in [2.45, 2.75) is 31.9 Å². The Kier molecular flexibility index (Phi) is 5.10. The first-order valence-corrected chi connectivity index (χ1v) is 9.63. The van der Waals surface area contributed by atoms with Crippen LogP contribution in [0.1, 0.15) is 28.2 Å². The number of β-amino-alcohol motifs (C(OH)–C–C–N with tert-alkyl or cyclic N) is 1. The lowest BCUT2D eigenvalue weighted by Crippen LogP contribution is -2.54. The van der Waals surface area contributed by atoms with Crippen LogP contribution in [0.3, 0.4) is 0 Å². The summed E-state index contributed by atoms with van der Waals surface area (Å²) in [7, 11) is 1.90. The minimum atomic E-state index is -0.693. The van der Waals surface area contributed by atoms with Gasteiger partial charge in [-0.05, 0) is 19.4 Å². The molecule has 1 aliphatic heterocycles. The summed E-state index contributed by atoms with van der Waals surface area (Å²) in [5, 5.41) is 17.9. The Balaban J connectivity index is 1.45. The second-order valence-corrected chi connectivity index (χ2v) is 7.64. The fourth-order valence-corrected chi connectivity index (χ4v) is 3.93. The highest BCUT2D eigenvalue weighted by molar-refractivity contribution is 6.07. The average molecular weight is 396 g/mol. The molecule has 1 aliphatic rings. The van der Waals surface area contributed by atoms with Crippen LogP contribution in [0.4, 0.5) is 0 Å². The lowest BCUT2D eigenvalue weighted by Gasteiger charge is -2.36. The summed E-state index contributed by atoms with van der Waals surface area (Å²) in [5.41, 5.74) is 2.27. The van der Waals surface area contributed by atoms with Crippen molar-refractivity contribution in [1.29, 1.82) is 0 Å². The third-order valence-electron chi connectivity index (χ3n) is 5.26. The number of para-hydroxylation sites is 1. The zero-order valence-electron chi connectivity index (χ0n) is 16.5. The number of likely N-dealkylation sites (tertiary alicyclic amines) is 1. The maximum Gasteiger partial charge on any atom is 0.253 e. The lowest BCUT2D eigenvalue weighted by atomic mass is 10.0. The quantitative estimate of drug-likeness (QED) is 0.695. The number of aryl methyl sites for hydroxylation is 2. The van der Waals surface area contributed by atoms with Gasteiger partial charge in [-0.2, -0.15) is 0 Å². The summed E-state index contributed by atoms with van der Waals surface area (Å²) >= 11 is 0. The van der Waals surface area contributed by atoms with E-state index in [1.54, 1.807) is 24.1 Å². The molecule has 8 nitrogen and oxygen atoms in total. The molecule has 2 amide bonds. The maximum atomic E-state index is 12.9. The predicted molar refractivity (Wildman–Crippen MR) is 106 cm³/mol. The average Bonchev–Trinajstić information content (AvgIpc) is 3.24. The molecule has 2 N–H and O–H groups in total.